The molecule has 2 N–H and O–H groups in total. The Morgan fingerprint density at radius 3 is 2.76 bits per heavy atom. The third-order valence-electron chi connectivity index (χ3n) is 5.07. The fraction of sp³-hybridized carbons (Fsp3) is 0.625. The van der Waals surface area contributed by atoms with Crippen LogP contribution in [0, 0.1) is 0 Å². The Hall–Kier alpha value is -0.820. The molecule has 0 bridgehead atoms. The zero-order valence-corrected chi connectivity index (χ0v) is 10.8. The fourth-order valence-corrected chi connectivity index (χ4v) is 3.58. The van der Waals surface area contributed by atoms with Crippen LogP contribution in [0.5, 0.6) is 0 Å². The van der Waals surface area contributed by atoms with E-state index in [-0.39, 0.29) is 0 Å². The van der Waals surface area contributed by atoms with Gasteiger partial charge >= 0.3 is 0 Å². The summed E-state index contributed by atoms with van der Waals surface area (Å²) in [5.41, 5.74) is 11.0. The zero-order chi connectivity index (χ0) is 11.9. The summed E-state index contributed by atoms with van der Waals surface area (Å²) >= 11 is 0. The molecule has 1 fully saturated rings. The summed E-state index contributed by atoms with van der Waals surface area (Å²) in [5.74, 6) is 0.744. The molecule has 0 amide bonds. The number of nitrogens with two attached hydrogens (primary N) is 1. The van der Waals surface area contributed by atoms with E-state index in [0.29, 0.717) is 5.41 Å². The maximum Gasteiger partial charge on any atom is 0.00756 e. The van der Waals surface area contributed by atoms with E-state index in [1.165, 1.54) is 44.1 Å². The minimum atomic E-state index is 0.326. The standard InChI is InChI=1S/C16H23N/c1-12-4-2-5-13-6-7-14(10-15(12)13)16(11-17)8-3-9-16/h6-7,10,12H,2-5,8-9,11,17H2,1H3. The molecule has 17 heavy (non-hydrogen) atoms. The molecule has 0 spiro atoms. The van der Waals surface area contributed by atoms with Crippen LogP contribution in [0.3, 0.4) is 0 Å². The molecule has 1 saturated carbocycles. The molecule has 2 aliphatic carbocycles. The van der Waals surface area contributed by atoms with Gasteiger partial charge in [-0.3, -0.25) is 0 Å². The van der Waals surface area contributed by atoms with E-state index >= 15 is 0 Å². The molecule has 0 radical (unpaired) electrons. The van der Waals surface area contributed by atoms with E-state index in [9.17, 15) is 0 Å². The van der Waals surface area contributed by atoms with Crippen LogP contribution in [0.1, 0.15) is 61.6 Å². The lowest BCUT2D eigenvalue weighted by molar-refractivity contribution is 0.252. The number of hydrogen-bond acceptors (Lipinski definition) is 1. The van der Waals surface area contributed by atoms with Crippen LogP contribution in [0.4, 0.5) is 0 Å². The number of hydrogen-bond donors (Lipinski definition) is 1. The molecule has 1 unspecified atom stereocenters. The minimum absolute atomic E-state index is 0.326. The van der Waals surface area contributed by atoms with Crippen LogP contribution >= 0.6 is 0 Å². The molecule has 1 atom stereocenters. The Kier molecular flexibility index (Phi) is 2.74. The van der Waals surface area contributed by atoms with Crippen molar-refractivity contribution in [3.63, 3.8) is 0 Å². The van der Waals surface area contributed by atoms with E-state index in [2.05, 4.69) is 25.1 Å². The van der Waals surface area contributed by atoms with E-state index in [0.717, 1.165) is 12.5 Å². The van der Waals surface area contributed by atoms with Gasteiger partial charge in [-0.15, -0.1) is 0 Å². The molecular weight excluding hydrogens is 206 g/mol. The first-order valence-electron chi connectivity index (χ1n) is 7.08. The topological polar surface area (TPSA) is 26.0 Å². The minimum Gasteiger partial charge on any atom is -0.330 e. The Labute approximate surface area is 104 Å². The number of aryl methyl sites for hydroxylation is 1. The van der Waals surface area contributed by atoms with Gasteiger partial charge in [0.15, 0.2) is 0 Å². The maximum atomic E-state index is 6.01. The largest absolute Gasteiger partial charge is 0.330 e. The second kappa shape index (κ2) is 4.13. The Balaban J connectivity index is 1.99. The van der Waals surface area contributed by atoms with Crippen molar-refractivity contribution < 1.29 is 0 Å². The monoisotopic (exact) mass is 229 g/mol. The predicted octanol–water partition coefficient (Wildman–Crippen LogP) is 3.51. The second-order valence-electron chi connectivity index (χ2n) is 6.04. The van der Waals surface area contributed by atoms with Crippen LogP contribution in [0.15, 0.2) is 18.2 Å². The molecule has 1 heteroatoms. The van der Waals surface area contributed by atoms with Crippen LogP contribution in [-0.4, -0.2) is 6.54 Å². The van der Waals surface area contributed by atoms with Gasteiger partial charge < -0.3 is 5.73 Å². The third-order valence-corrected chi connectivity index (χ3v) is 5.07. The second-order valence-corrected chi connectivity index (χ2v) is 6.04. The van der Waals surface area contributed by atoms with Gasteiger partial charge in [0.2, 0.25) is 0 Å². The molecule has 2 aliphatic rings. The van der Waals surface area contributed by atoms with Gasteiger partial charge in [0.05, 0.1) is 0 Å². The summed E-state index contributed by atoms with van der Waals surface area (Å²) in [5, 5.41) is 0. The van der Waals surface area contributed by atoms with Gasteiger partial charge in [-0.05, 0) is 54.7 Å². The first-order valence-corrected chi connectivity index (χ1v) is 7.08. The Morgan fingerprint density at radius 1 is 1.29 bits per heavy atom. The van der Waals surface area contributed by atoms with Crippen LogP contribution < -0.4 is 5.73 Å². The predicted molar refractivity (Wildman–Crippen MR) is 72.4 cm³/mol. The number of fused-ring (bicyclic) bond motifs is 1. The molecule has 3 rings (SSSR count). The van der Waals surface area contributed by atoms with E-state index < -0.39 is 0 Å². The van der Waals surface area contributed by atoms with Crippen molar-refractivity contribution in [3.05, 3.63) is 34.9 Å². The summed E-state index contributed by atoms with van der Waals surface area (Å²) in [7, 11) is 0. The van der Waals surface area contributed by atoms with Gasteiger partial charge in [0, 0.05) is 12.0 Å². The molecule has 0 saturated heterocycles. The van der Waals surface area contributed by atoms with E-state index in [4.69, 9.17) is 5.73 Å². The molecule has 1 aromatic rings. The molecular formula is C16H23N. The Morgan fingerprint density at radius 2 is 2.12 bits per heavy atom. The average Bonchev–Trinajstić information content (AvgIpc) is 2.29. The van der Waals surface area contributed by atoms with E-state index in [1.807, 2.05) is 0 Å². The van der Waals surface area contributed by atoms with Gasteiger partial charge in [-0.25, -0.2) is 0 Å². The molecule has 1 nitrogen and oxygen atoms in total. The quantitative estimate of drug-likeness (QED) is 0.825. The summed E-state index contributed by atoms with van der Waals surface area (Å²) < 4.78 is 0. The van der Waals surface area contributed by atoms with Crippen molar-refractivity contribution in [1.29, 1.82) is 0 Å². The third kappa shape index (κ3) is 1.72. The summed E-state index contributed by atoms with van der Waals surface area (Å²) in [4.78, 5) is 0. The van der Waals surface area contributed by atoms with Crippen molar-refractivity contribution >= 4 is 0 Å². The van der Waals surface area contributed by atoms with Crippen LogP contribution in [-0.2, 0) is 11.8 Å². The van der Waals surface area contributed by atoms with Crippen molar-refractivity contribution in [3.8, 4) is 0 Å². The lowest BCUT2D eigenvalue weighted by Crippen LogP contribution is -2.41. The fourth-order valence-electron chi connectivity index (χ4n) is 3.58. The molecule has 0 heterocycles. The van der Waals surface area contributed by atoms with Crippen LogP contribution in [0.2, 0.25) is 0 Å². The molecule has 0 aliphatic heterocycles. The maximum absolute atomic E-state index is 6.01. The average molecular weight is 229 g/mol. The highest BCUT2D eigenvalue weighted by molar-refractivity contribution is 5.40. The van der Waals surface area contributed by atoms with Crippen molar-refractivity contribution in [2.24, 2.45) is 5.73 Å². The lowest BCUT2D eigenvalue weighted by atomic mass is 9.63. The summed E-state index contributed by atoms with van der Waals surface area (Å²) in [6.07, 6.45) is 7.91. The van der Waals surface area contributed by atoms with Crippen molar-refractivity contribution in [2.75, 3.05) is 6.54 Å². The Bertz CT molecular complexity index is 412. The van der Waals surface area contributed by atoms with E-state index in [1.54, 1.807) is 11.1 Å². The molecule has 0 aromatic heterocycles. The SMILES string of the molecule is CC1CCCc2ccc(C3(CN)CCC3)cc21. The lowest BCUT2D eigenvalue weighted by Gasteiger charge is -2.42. The number of benzene rings is 1. The zero-order valence-electron chi connectivity index (χ0n) is 10.8. The van der Waals surface area contributed by atoms with Gasteiger partial charge in [-0.1, -0.05) is 31.5 Å². The summed E-state index contributed by atoms with van der Waals surface area (Å²) in [6.45, 7) is 3.19. The van der Waals surface area contributed by atoms with Gasteiger partial charge in [-0.2, -0.15) is 0 Å². The van der Waals surface area contributed by atoms with Gasteiger partial charge in [0.1, 0.15) is 0 Å². The highest BCUT2D eigenvalue weighted by atomic mass is 14.6. The summed E-state index contributed by atoms with van der Waals surface area (Å²) in [6, 6.07) is 7.20. The van der Waals surface area contributed by atoms with Crippen molar-refractivity contribution in [2.45, 2.75) is 56.8 Å². The van der Waals surface area contributed by atoms with Gasteiger partial charge in [0.25, 0.3) is 0 Å². The smallest absolute Gasteiger partial charge is 0.00756 e. The van der Waals surface area contributed by atoms with Crippen molar-refractivity contribution in [1.82, 2.24) is 0 Å². The first-order chi connectivity index (χ1) is 8.25. The molecule has 1 aromatic carbocycles. The normalized spacial score (nSPS) is 26.1. The molecule has 92 valence electrons. The first kappa shape index (κ1) is 11.3. The number of rotatable bonds is 2. The highest BCUT2D eigenvalue weighted by Crippen LogP contribution is 2.44. The highest BCUT2D eigenvalue weighted by Gasteiger charge is 2.37. The van der Waals surface area contributed by atoms with Crippen LogP contribution in [0.25, 0.3) is 0 Å².